The van der Waals surface area contributed by atoms with Crippen LogP contribution in [0, 0.1) is 11.8 Å². The first kappa shape index (κ1) is 18.8. The zero-order valence-corrected chi connectivity index (χ0v) is 17.1. The third kappa shape index (κ3) is 4.15. The molecular formula is C20H24N2O3S2. The molecule has 1 aromatic carbocycles. The molecule has 1 aliphatic heterocycles. The van der Waals surface area contributed by atoms with Crippen molar-refractivity contribution < 1.29 is 13.2 Å². The molecule has 2 fully saturated rings. The van der Waals surface area contributed by atoms with Crippen LogP contribution in [0.4, 0.5) is 0 Å². The molecule has 1 aromatic heterocycles. The molecule has 5 nitrogen and oxygen atoms in total. The molecule has 7 heteroatoms. The predicted molar refractivity (Wildman–Crippen MR) is 106 cm³/mol. The highest BCUT2D eigenvalue weighted by atomic mass is 32.2. The number of carbonyl (C=O) groups excluding carboxylic acids is 1. The van der Waals surface area contributed by atoms with Crippen LogP contribution in [-0.2, 0) is 21.2 Å². The molecule has 27 heavy (non-hydrogen) atoms. The summed E-state index contributed by atoms with van der Waals surface area (Å²) in [6, 6.07) is 6.94. The van der Waals surface area contributed by atoms with Crippen molar-refractivity contribution >= 4 is 27.1 Å². The number of nitrogens with zero attached hydrogens (tertiary/aromatic N) is 2. The lowest BCUT2D eigenvalue weighted by Gasteiger charge is -2.29. The van der Waals surface area contributed by atoms with Crippen LogP contribution in [0.15, 0.2) is 34.5 Å². The fourth-order valence-electron chi connectivity index (χ4n) is 3.40. The van der Waals surface area contributed by atoms with Gasteiger partial charge in [-0.2, -0.15) is 4.31 Å². The van der Waals surface area contributed by atoms with Crippen molar-refractivity contribution in [2.45, 2.75) is 43.9 Å². The molecule has 1 aliphatic carbocycles. The van der Waals surface area contributed by atoms with E-state index in [1.165, 1.54) is 11.3 Å². The SMILES string of the molecule is CC1CCN(S(=O)(=O)c2ccc(-c3csc(CC(=O)C4CC4)n3)cc2)CC1. The summed E-state index contributed by atoms with van der Waals surface area (Å²) < 4.78 is 27.2. The van der Waals surface area contributed by atoms with Crippen LogP contribution >= 0.6 is 11.3 Å². The Morgan fingerprint density at radius 1 is 1.15 bits per heavy atom. The molecule has 0 amide bonds. The maximum atomic E-state index is 12.8. The van der Waals surface area contributed by atoms with E-state index in [2.05, 4.69) is 11.9 Å². The fraction of sp³-hybridized carbons (Fsp3) is 0.500. The molecule has 1 saturated heterocycles. The minimum Gasteiger partial charge on any atom is -0.299 e. The molecule has 0 bridgehead atoms. The van der Waals surface area contributed by atoms with E-state index in [1.54, 1.807) is 28.6 Å². The molecule has 1 saturated carbocycles. The Labute approximate surface area is 164 Å². The summed E-state index contributed by atoms with van der Waals surface area (Å²) in [5, 5.41) is 2.77. The van der Waals surface area contributed by atoms with Gasteiger partial charge in [-0.25, -0.2) is 13.4 Å². The summed E-state index contributed by atoms with van der Waals surface area (Å²) in [7, 11) is -3.43. The van der Waals surface area contributed by atoms with E-state index in [0.717, 1.165) is 41.9 Å². The molecule has 0 atom stereocenters. The second-order valence-corrected chi connectivity index (χ2v) is 10.5. The quantitative estimate of drug-likeness (QED) is 0.735. The smallest absolute Gasteiger partial charge is 0.243 e. The lowest BCUT2D eigenvalue weighted by atomic mass is 10.0. The number of piperidine rings is 1. The molecule has 2 aromatic rings. The third-order valence-electron chi connectivity index (χ3n) is 5.44. The Morgan fingerprint density at radius 3 is 2.44 bits per heavy atom. The molecule has 144 valence electrons. The van der Waals surface area contributed by atoms with Gasteiger partial charge >= 0.3 is 0 Å². The number of hydrogen-bond acceptors (Lipinski definition) is 5. The van der Waals surface area contributed by atoms with Gasteiger partial charge in [0.2, 0.25) is 10.0 Å². The lowest BCUT2D eigenvalue weighted by molar-refractivity contribution is -0.119. The second-order valence-electron chi connectivity index (χ2n) is 7.65. The average molecular weight is 405 g/mol. The monoisotopic (exact) mass is 404 g/mol. The molecule has 2 heterocycles. The zero-order chi connectivity index (χ0) is 19.0. The van der Waals surface area contributed by atoms with Crippen molar-refractivity contribution in [3.05, 3.63) is 34.7 Å². The Morgan fingerprint density at radius 2 is 1.81 bits per heavy atom. The first-order valence-corrected chi connectivity index (χ1v) is 11.8. The van der Waals surface area contributed by atoms with Gasteiger partial charge in [0.15, 0.2) is 0 Å². The Bertz CT molecular complexity index is 922. The molecule has 0 radical (unpaired) electrons. The van der Waals surface area contributed by atoms with Crippen LogP contribution in [0.25, 0.3) is 11.3 Å². The highest BCUT2D eigenvalue weighted by Crippen LogP contribution is 2.32. The van der Waals surface area contributed by atoms with Gasteiger partial charge in [-0.05, 0) is 43.7 Å². The van der Waals surface area contributed by atoms with Crippen LogP contribution in [0.5, 0.6) is 0 Å². The number of sulfonamides is 1. The predicted octanol–water partition coefficient (Wildman–Crippen LogP) is 3.75. The summed E-state index contributed by atoms with van der Waals surface area (Å²) >= 11 is 1.49. The first-order valence-electron chi connectivity index (χ1n) is 9.51. The topological polar surface area (TPSA) is 67.3 Å². The van der Waals surface area contributed by atoms with Gasteiger partial charge in [-0.1, -0.05) is 19.1 Å². The van der Waals surface area contributed by atoms with E-state index in [-0.39, 0.29) is 11.7 Å². The van der Waals surface area contributed by atoms with Crippen LogP contribution in [-0.4, -0.2) is 36.6 Å². The van der Waals surface area contributed by atoms with Crippen molar-refractivity contribution in [1.29, 1.82) is 0 Å². The van der Waals surface area contributed by atoms with Crippen LogP contribution in [0.1, 0.15) is 37.6 Å². The summed E-state index contributed by atoms with van der Waals surface area (Å²) in [6.07, 6.45) is 4.28. The number of hydrogen-bond donors (Lipinski definition) is 0. The molecule has 0 unspecified atom stereocenters. The maximum absolute atomic E-state index is 12.8. The Hall–Kier alpha value is -1.57. The number of carbonyl (C=O) groups is 1. The van der Waals surface area contributed by atoms with Crippen LogP contribution < -0.4 is 0 Å². The zero-order valence-electron chi connectivity index (χ0n) is 15.4. The van der Waals surface area contributed by atoms with E-state index >= 15 is 0 Å². The largest absolute Gasteiger partial charge is 0.299 e. The lowest BCUT2D eigenvalue weighted by Crippen LogP contribution is -2.37. The summed E-state index contributed by atoms with van der Waals surface area (Å²) in [5.74, 6) is 1.12. The van der Waals surface area contributed by atoms with E-state index < -0.39 is 10.0 Å². The summed E-state index contributed by atoms with van der Waals surface area (Å²) in [5.41, 5.74) is 1.68. The third-order valence-corrected chi connectivity index (χ3v) is 8.20. The van der Waals surface area contributed by atoms with Crippen LogP contribution in [0.3, 0.4) is 0 Å². The van der Waals surface area contributed by atoms with Crippen LogP contribution in [0.2, 0.25) is 0 Å². The summed E-state index contributed by atoms with van der Waals surface area (Å²) in [4.78, 5) is 16.8. The van der Waals surface area contributed by atoms with Crippen molar-refractivity contribution in [3.8, 4) is 11.3 Å². The minimum absolute atomic E-state index is 0.250. The Kier molecular flexibility index (Phi) is 5.18. The van der Waals surface area contributed by atoms with Gasteiger partial charge in [-0.3, -0.25) is 4.79 Å². The second kappa shape index (κ2) is 7.45. The van der Waals surface area contributed by atoms with Gasteiger partial charge in [-0.15, -0.1) is 11.3 Å². The molecule has 0 spiro atoms. The van der Waals surface area contributed by atoms with Gasteiger partial charge in [0.25, 0.3) is 0 Å². The standard InChI is InChI=1S/C20H24N2O3S2/c1-14-8-10-22(11-9-14)27(24,25)17-6-4-15(5-7-17)18-13-26-20(21-18)12-19(23)16-2-3-16/h4-7,13-14,16H,2-3,8-12H2,1H3. The van der Waals surface area contributed by atoms with Gasteiger partial charge in [0, 0.05) is 30.0 Å². The van der Waals surface area contributed by atoms with Crippen molar-refractivity contribution in [2.24, 2.45) is 11.8 Å². The molecule has 0 N–H and O–H groups in total. The molecule has 2 aliphatic rings. The van der Waals surface area contributed by atoms with Gasteiger partial charge < -0.3 is 0 Å². The van der Waals surface area contributed by atoms with Gasteiger partial charge in [0.05, 0.1) is 17.0 Å². The van der Waals surface area contributed by atoms with E-state index in [0.29, 0.717) is 30.3 Å². The van der Waals surface area contributed by atoms with Gasteiger partial charge in [0.1, 0.15) is 10.8 Å². The number of Topliss-reactive ketones (excluding diaryl/α,β-unsaturated/α-hetero) is 1. The normalized spacial score (nSPS) is 19.3. The molecule has 4 rings (SSSR count). The fourth-order valence-corrected chi connectivity index (χ4v) is 5.68. The number of benzene rings is 1. The summed E-state index contributed by atoms with van der Waals surface area (Å²) in [6.45, 7) is 3.35. The number of rotatable bonds is 6. The first-order chi connectivity index (χ1) is 12.9. The van der Waals surface area contributed by atoms with Crippen molar-refractivity contribution in [2.75, 3.05) is 13.1 Å². The van der Waals surface area contributed by atoms with E-state index in [4.69, 9.17) is 0 Å². The maximum Gasteiger partial charge on any atom is 0.243 e. The Balaban J connectivity index is 1.47. The average Bonchev–Trinajstić information content (AvgIpc) is 3.42. The van der Waals surface area contributed by atoms with E-state index in [1.807, 2.05) is 5.38 Å². The highest BCUT2D eigenvalue weighted by Gasteiger charge is 2.30. The minimum atomic E-state index is -3.43. The molecular weight excluding hydrogens is 380 g/mol. The highest BCUT2D eigenvalue weighted by molar-refractivity contribution is 7.89. The van der Waals surface area contributed by atoms with Crippen molar-refractivity contribution in [3.63, 3.8) is 0 Å². The van der Waals surface area contributed by atoms with E-state index in [9.17, 15) is 13.2 Å². The number of thiazole rings is 1. The number of aromatic nitrogens is 1. The number of ketones is 1. The van der Waals surface area contributed by atoms with Crippen molar-refractivity contribution in [1.82, 2.24) is 9.29 Å².